The number of piperidine rings is 1. The van der Waals surface area contributed by atoms with Crippen LogP contribution in [-0.2, 0) is 4.79 Å². The molecule has 1 aliphatic heterocycles. The van der Waals surface area contributed by atoms with Gasteiger partial charge in [-0.15, -0.1) is 0 Å². The van der Waals surface area contributed by atoms with E-state index in [4.69, 9.17) is 0 Å². The first-order valence-corrected chi connectivity index (χ1v) is 6.84. The molecule has 4 heteroatoms. The van der Waals surface area contributed by atoms with Gasteiger partial charge in [-0.1, -0.05) is 6.42 Å². The standard InChI is InChI=1S/C13H25N3O/c1-15(2)10-13(17)16(12-6-7-12)9-11-5-3-4-8-14-11/h11-12,14H,3-10H2,1-2H3. The predicted octanol–water partition coefficient (Wildman–Crippen LogP) is 0.681. The lowest BCUT2D eigenvalue weighted by Gasteiger charge is -2.31. The summed E-state index contributed by atoms with van der Waals surface area (Å²) in [5, 5.41) is 3.53. The van der Waals surface area contributed by atoms with Crippen molar-refractivity contribution in [1.82, 2.24) is 15.1 Å². The second kappa shape index (κ2) is 5.83. The third-order valence-electron chi connectivity index (χ3n) is 3.59. The maximum absolute atomic E-state index is 12.2. The molecule has 1 amide bonds. The van der Waals surface area contributed by atoms with Crippen molar-refractivity contribution in [2.24, 2.45) is 0 Å². The van der Waals surface area contributed by atoms with Gasteiger partial charge < -0.3 is 15.1 Å². The van der Waals surface area contributed by atoms with Crippen LogP contribution in [0.15, 0.2) is 0 Å². The van der Waals surface area contributed by atoms with Crippen LogP contribution in [0.25, 0.3) is 0 Å². The Kier molecular flexibility index (Phi) is 4.40. The van der Waals surface area contributed by atoms with Crippen molar-refractivity contribution in [2.75, 3.05) is 33.7 Å². The number of amides is 1. The first kappa shape index (κ1) is 12.8. The fourth-order valence-corrected chi connectivity index (χ4v) is 2.52. The highest BCUT2D eigenvalue weighted by atomic mass is 16.2. The lowest BCUT2D eigenvalue weighted by Crippen LogP contribution is -2.48. The molecule has 98 valence electrons. The Morgan fingerprint density at radius 3 is 2.53 bits per heavy atom. The van der Waals surface area contributed by atoms with Gasteiger partial charge in [0.1, 0.15) is 0 Å². The summed E-state index contributed by atoms with van der Waals surface area (Å²) >= 11 is 0. The van der Waals surface area contributed by atoms with E-state index in [1.807, 2.05) is 19.0 Å². The molecule has 0 aromatic carbocycles. The summed E-state index contributed by atoms with van der Waals surface area (Å²) < 4.78 is 0. The molecular weight excluding hydrogens is 214 g/mol. The Hall–Kier alpha value is -0.610. The molecule has 1 heterocycles. The van der Waals surface area contributed by atoms with Gasteiger partial charge in [0.15, 0.2) is 0 Å². The number of hydrogen-bond acceptors (Lipinski definition) is 3. The second-order valence-electron chi connectivity index (χ2n) is 5.66. The van der Waals surface area contributed by atoms with Crippen LogP contribution in [0.5, 0.6) is 0 Å². The molecule has 1 N–H and O–H groups in total. The molecule has 0 spiro atoms. The summed E-state index contributed by atoms with van der Waals surface area (Å²) in [6.45, 7) is 2.58. The fourth-order valence-electron chi connectivity index (χ4n) is 2.52. The van der Waals surface area contributed by atoms with E-state index >= 15 is 0 Å². The average Bonchev–Trinajstić information content (AvgIpc) is 3.10. The summed E-state index contributed by atoms with van der Waals surface area (Å²) in [5.41, 5.74) is 0. The van der Waals surface area contributed by atoms with Crippen molar-refractivity contribution in [3.05, 3.63) is 0 Å². The SMILES string of the molecule is CN(C)CC(=O)N(CC1CCCCN1)C1CC1. The molecular formula is C13H25N3O. The molecule has 0 aromatic heterocycles. The normalized spacial score (nSPS) is 25.0. The maximum atomic E-state index is 12.2. The third-order valence-corrected chi connectivity index (χ3v) is 3.59. The van der Waals surface area contributed by atoms with Gasteiger partial charge in [0.2, 0.25) is 5.91 Å². The zero-order chi connectivity index (χ0) is 12.3. The van der Waals surface area contributed by atoms with Crippen molar-refractivity contribution in [3.8, 4) is 0 Å². The van der Waals surface area contributed by atoms with Gasteiger partial charge in [0, 0.05) is 18.6 Å². The molecule has 1 saturated carbocycles. The molecule has 2 aliphatic rings. The van der Waals surface area contributed by atoms with Crippen LogP contribution < -0.4 is 5.32 Å². The molecule has 0 aromatic rings. The van der Waals surface area contributed by atoms with Gasteiger partial charge in [-0.05, 0) is 46.3 Å². The summed E-state index contributed by atoms with van der Waals surface area (Å²) in [6, 6.07) is 1.06. The topological polar surface area (TPSA) is 35.6 Å². The van der Waals surface area contributed by atoms with Gasteiger partial charge >= 0.3 is 0 Å². The number of hydrogen-bond donors (Lipinski definition) is 1. The van der Waals surface area contributed by atoms with E-state index in [1.54, 1.807) is 0 Å². The Morgan fingerprint density at radius 2 is 2.00 bits per heavy atom. The van der Waals surface area contributed by atoms with Crippen molar-refractivity contribution >= 4 is 5.91 Å². The van der Waals surface area contributed by atoms with E-state index in [0.717, 1.165) is 13.1 Å². The van der Waals surface area contributed by atoms with E-state index < -0.39 is 0 Å². The van der Waals surface area contributed by atoms with Crippen LogP contribution in [0.1, 0.15) is 32.1 Å². The molecule has 4 nitrogen and oxygen atoms in total. The van der Waals surface area contributed by atoms with Crippen LogP contribution in [0.2, 0.25) is 0 Å². The molecule has 1 unspecified atom stereocenters. The minimum atomic E-state index is 0.296. The van der Waals surface area contributed by atoms with Gasteiger partial charge in [0.05, 0.1) is 6.54 Å². The van der Waals surface area contributed by atoms with Crippen LogP contribution in [0, 0.1) is 0 Å². The molecule has 1 aliphatic carbocycles. The van der Waals surface area contributed by atoms with Crippen molar-refractivity contribution in [2.45, 2.75) is 44.2 Å². The maximum Gasteiger partial charge on any atom is 0.237 e. The molecule has 1 saturated heterocycles. The Balaban J connectivity index is 1.85. The molecule has 0 radical (unpaired) electrons. The Labute approximate surface area is 104 Å². The van der Waals surface area contributed by atoms with Crippen LogP contribution in [0.3, 0.4) is 0 Å². The van der Waals surface area contributed by atoms with Crippen molar-refractivity contribution in [1.29, 1.82) is 0 Å². The molecule has 17 heavy (non-hydrogen) atoms. The first-order valence-electron chi connectivity index (χ1n) is 6.84. The number of carbonyl (C=O) groups excluding carboxylic acids is 1. The summed E-state index contributed by atoms with van der Waals surface area (Å²) in [4.78, 5) is 16.2. The largest absolute Gasteiger partial charge is 0.337 e. The molecule has 2 fully saturated rings. The van der Waals surface area contributed by atoms with Crippen molar-refractivity contribution in [3.63, 3.8) is 0 Å². The highest BCUT2D eigenvalue weighted by molar-refractivity contribution is 5.79. The molecule has 2 rings (SSSR count). The Bertz CT molecular complexity index is 257. The number of rotatable bonds is 5. The van der Waals surface area contributed by atoms with E-state index in [0.29, 0.717) is 24.5 Å². The first-order chi connectivity index (χ1) is 8.16. The monoisotopic (exact) mass is 239 g/mol. The van der Waals surface area contributed by atoms with Crippen LogP contribution in [0.4, 0.5) is 0 Å². The zero-order valence-corrected chi connectivity index (χ0v) is 11.1. The highest BCUT2D eigenvalue weighted by Crippen LogP contribution is 2.27. The lowest BCUT2D eigenvalue weighted by atomic mass is 10.0. The lowest BCUT2D eigenvalue weighted by molar-refractivity contribution is -0.132. The van der Waals surface area contributed by atoms with Crippen molar-refractivity contribution < 1.29 is 4.79 Å². The van der Waals surface area contributed by atoms with Gasteiger partial charge in [0.25, 0.3) is 0 Å². The third kappa shape index (κ3) is 3.96. The summed E-state index contributed by atoms with van der Waals surface area (Å²) in [6.07, 6.45) is 6.21. The van der Waals surface area contributed by atoms with E-state index in [9.17, 15) is 4.79 Å². The fraction of sp³-hybridized carbons (Fsp3) is 0.923. The van der Waals surface area contributed by atoms with Crippen LogP contribution in [-0.4, -0.2) is 61.5 Å². The second-order valence-corrected chi connectivity index (χ2v) is 5.66. The van der Waals surface area contributed by atoms with E-state index in [2.05, 4.69) is 10.2 Å². The average molecular weight is 239 g/mol. The highest BCUT2D eigenvalue weighted by Gasteiger charge is 2.34. The summed E-state index contributed by atoms with van der Waals surface area (Å²) in [5.74, 6) is 0.296. The number of likely N-dealkylation sites (N-methyl/N-ethyl adjacent to an activating group) is 1. The van der Waals surface area contributed by atoms with Crippen LogP contribution >= 0.6 is 0 Å². The summed E-state index contributed by atoms with van der Waals surface area (Å²) in [7, 11) is 3.92. The van der Waals surface area contributed by atoms with E-state index in [-0.39, 0.29) is 0 Å². The number of nitrogens with zero attached hydrogens (tertiary/aromatic N) is 2. The number of carbonyl (C=O) groups is 1. The number of nitrogens with one attached hydrogen (secondary N) is 1. The Morgan fingerprint density at radius 1 is 1.24 bits per heavy atom. The zero-order valence-electron chi connectivity index (χ0n) is 11.1. The van der Waals surface area contributed by atoms with Gasteiger partial charge in [-0.2, -0.15) is 0 Å². The van der Waals surface area contributed by atoms with Gasteiger partial charge in [-0.25, -0.2) is 0 Å². The molecule has 0 bridgehead atoms. The minimum Gasteiger partial charge on any atom is -0.337 e. The smallest absolute Gasteiger partial charge is 0.237 e. The predicted molar refractivity (Wildman–Crippen MR) is 68.9 cm³/mol. The quantitative estimate of drug-likeness (QED) is 0.766. The van der Waals surface area contributed by atoms with Gasteiger partial charge in [-0.3, -0.25) is 4.79 Å². The minimum absolute atomic E-state index is 0.296. The molecule has 1 atom stereocenters. The van der Waals surface area contributed by atoms with E-state index in [1.165, 1.54) is 32.1 Å².